The number of anilines is 2. The van der Waals surface area contributed by atoms with Crippen LogP contribution in [0.5, 0.6) is 0 Å². The molecule has 2 aliphatic heterocycles. The summed E-state index contributed by atoms with van der Waals surface area (Å²) in [6, 6.07) is 10.4. The lowest BCUT2D eigenvalue weighted by Gasteiger charge is -2.25. The van der Waals surface area contributed by atoms with E-state index in [9.17, 15) is 4.79 Å². The number of pyridine rings is 1. The van der Waals surface area contributed by atoms with Gasteiger partial charge in [0.2, 0.25) is 0 Å². The van der Waals surface area contributed by atoms with E-state index in [1.54, 1.807) is 6.20 Å². The predicted molar refractivity (Wildman–Crippen MR) is 101 cm³/mol. The monoisotopic (exact) mass is 335 g/mol. The molecule has 0 saturated carbocycles. The summed E-state index contributed by atoms with van der Waals surface area (Å²) in [6.07, 6.45) is 9.54. The van der Waals surface area contributed by atoms with Crippen molar-refractivity contribution in [2.24, 2.45) is 0 Å². The topological polar surface area (TPSA) is 36.4 Å². The highest BCUT2D eigenvalue weighted by Crippen LogP contribution is 2.33. The summed E-state index contributed by atoms with van der Waals surface area (Å²) in [5, 5.41) is 0. The Hall–Kier alpha value is -2.36. The molecule has 0 N–H and O–H groups in total. The van der Waals surface area contributed by atoms with Crippen molar-refractivity contribution in [1.29, 1.82) is 0 Å². The van der Waals surface area contributed by atoms with Gasteiger partial charge in [0.05, 0.1) is 17.4 Å². The van der Waals surface area contributed by atoms with E-state index in [4.69, 9.17) is 0 Å². The molecule has 1 atom stereocenters. The summed E-state index contributed by atoms with van der Waals surface area (Å²) in [4.78, 5) is 21.9. The molecule has 1 unspecified atom stereocenters. The van der Waals surface area contributed by atoms with Crippen LogP contribution in [0.3, 0.4) is 0 Å². The Kier molecular flexibility index (Phi) is 4.43. The van der Waals surface area contributed by atoms with Crippen LogP contribution in [0, 0.1) is 0 Å². The number of hydrogen-bond donors (Lipinski definition) is 0. The summed E-state index contributed by atoms with van der Waals surface area (Å²) in [7, 11) is 0. The number of rotatable bonds is 2. The lowest BCUT2D eigenvalue weighted by atomic mass is 10.1. The molecule has 4 rings (SSSR count). The number of para-hydroxylation sites is 1. The standard InChI is InChI=1S/C21H25N3O/c1-16-12-17-8-4-5-9-20(17)24(16)21(25)18-13-19(15-22-14-18)23-10-6-2-3-7-11-23/h4-5,8-9,13-16H,2-3,6-7,10-12H2,1H3. The summed E-state index contributed by atoms with van der Waals surface area (Å²) in [5.74, 6) is 0.0571. The summed E-state index contributed by atoms with van der Waals surface area (Å²) in [5.41, 5.74) is 4.05. The zero-order valence-electron chi connectivity index (χ0n) is 14.8. The number of fused-ring (bicyclic) bond motifs is 1. The van der Waals surface area contributed by atoms with Crippen molar-refractivity contribution >= 4 is 17.3 Å². The molecule has 4 heteroatoms. The van der Waals surface area contributed by atoms with Crippen molar-refractivity contribution in [1.82, 2.24) is 4.98 Å². The zero-order chi connectivity index (χ0) is 17.2. The van der Waals surface area contributed by atoms with Crippen molar-refractivity contribution in [2.75, 3.05) is 22.9 Å². The summed E-state index contributed by atoms with van der Waals surface area (Å²) < 4.78 is 0. The van der Waals surface area contributed by atoms with Crippen molar-refractivity contribution in [3.63, 3.8) is 0 Å². The third kappa shape index (κ3) is 3.13. The summed E-state index contributed by atoms with van der Waals surface area (Å²) >= 11 is 0. The van der Waals surface area contributed by atoms with Crippen LogP contribution < -0.4 is 9.80 Å². The minimum absolute atomic E-state index is 0.0571. The molecule has 1 fully saturated rings. The number of carbonyl (C=O) groups is 1. The Morgan fingerprint density at radius 3 is 2.64 bits per heavy atom. The van der Waals surface area contributed by atoms with E-state index in [1.165, 1.54) is 31.2 Å². The Balaban J connectivity index is 1.61. The van der Waals surface area contributed by atoms with Gasteiger partial charge in [-0.25, -0.2) is 0 Å². The molecule has 130 valence electrons. The molecular weight excluding hydrogens is 310 g/mol. The molecule has 1 saturated heterocycles. The number of nitrogens with zero attached hydrogens (tertiary/aromatic N) is 3. The van der Waals surface area contributed by atoms with Crippen molar-refractivity contribution in [2.45, 2.75) is 45.1 Å². The minimum Gasteiger partial charge on any atom is -0.370 e. The van der Waals surface area contributed by atoms with Gasteiger partial charge in [0.1, 0.15) is 0 Å². The summed E-state index contributed by atoms with van der Waals surface area (Å²) in [6.45, 7) is 4.23. The zero-order valence-corrected chi connectivity index (χ0v) is 14.8. The van der Waals surface area contributed by atoms with Crippen LogP contribution >= 0.6 is 0 Å². The highest BCUT2D eigenvalue weighted by molar-refractivity contribution is 6.08. The Labute approximate surface area is 149 Å². The van der Waals surface area contributed by atoms with Gasteiger partial charge in [-0.1, -0.05) is 31.0 Å². The second-order valence-corrected chi connectivity index (χ2v) is 7.19. The van der Waals surface area contributed by atoms with Gasteiger partial charge in [-0.2, -0.15) is 0 Å². The quantitative estimate of drug-likeness (QED) is 0.830. The maximum Gasteiger partial charge on any atom is 0.260 e. The first kappa shape index (κ1) is 16.1. The number of benzene rings is 1. The molecule has 0 bridgehead atoms. The number of carbonyl (C=O) groups excluding carboxylic acids is 1. The first-order chi connectivity index (χ1) is 12.2. The van der Waals surface area contributed by atoms with Crippen LogP contribution in [-0.4, -0.2) is 30.0 Å². The SMILES string of the molecule is CC1Cc2ccccc2N1C(=O)c1cncc(N2CCCCCC2)c1. The minimum atomic E-state index is 0.0571. The van der Waals surface area contributed by atoms with E-state index >= 15 is 0 Å². The van der Waals surface area contributed by atoms with E-state index in [-0.39, 0.29) is 11.9 Å². The molecule has 2 aliphatic rings. The maximum absolute atomic E-state index is 13.2. The second-order valence-electron chi connectivity index (χ2n) is 7.19. The molecular formula is C21H25N3O. The fraction of sp³-hybridized carbons (Fsp3) is 0.429. The van der Waals surface area contributed by atoms with E-state index in [0.717, 1.165) is 30.9 Å². The molecule has 1 amide bonds. The van der Waals surface area contributed by atoms with Gasteiger partial charge >= 0.3 is 0 Å². The fourth-order valence-electron chi connectivity index (χ4n) is 4.06. The molecule has 2 aromatic rings. The molecule has 0 radical (unpaired) electrons. The highest BCUT2D eigenvalue weighted by Gasteiger charge is 2.31. The molecule has 3 heterocycles. The van der Waals surface area contributed by atoms with Crippen LogP contribution in [0.25, 0.3) is 0 Å². The Morgan fingerprint density at radius 1 is 1.08 bits per heavy atom. The lowest BCUT2D eigenvalue weighted by Crippen LogP contribution is -2.36. The lowest BCUT2D eigenvalue weighted by molar-refractivity contribution is 0.0981. The van der Waals surface area contributed by atoms with Crippen LogP contribution in [0.1, 0.15) is 48.5 Å². The van der Waals surface area contributed by atoms with Crippen molar-refractivity contribution < 1.29 is 4.79 Å². The molecule has 4 nitrogen and oxygen atoms in total. The largest absolute Gasteiger partial charge is 0.370 e. The van der Waals surface area contributed by atoms with Gasteiger partial charge < -0.3 is 9.80 Å². The van der Waals surface area contributed by atoms with Crippen molar-refractivity contribution in [3.05, 3.63) is 53.9 Å². The fourth-order valence-corrected chi connectivity index (χ4v) is 4.06. The van der Waals surface area contributed by atoms with E-state index < -0.39 is 0 Å². The number of aromatic nitrogens is 1. The molecule has 0 aliphatic carbocycles. The van der Waals surface area contributed by atoms with Crippen LogP contribution in [0.2, 0.25) is 0 Å². The first-order valence-electron chi connectivity index (χ1n) is 9.35. The Bertz CT molecular complexity index is 765. The van der Waals surface area contributed by atoms with Gasteiger partial charge in [-0.15, -0.1) is 0 Å². The maximum atomic E-state index is 13.2. The molecule has 1 aromatic heterocycles. The average molecular weight is 335 g/mol. The van der Waals surface area contributed by atoms with E-state index in [2.05, 4.69) is 22.9 Å². The third-order valence-corrected chi connectivity index (χ3v) is 5.37. The van der Waals surface area contributed by atoms with Gasteiger partial charge in [0.25, 0.3) is 5.91 Å². The van der Waals surface area contributed by atoms with E-state index in [1.807, 2.05) is 35.4 Å². The Morgan fingerprint density at radius 2 is 1.84 bits per heavy atom. The van der Waals surface area contributed by atoms with Crippen LogP contribution in [-0.2, 0) is 6.42 Å². The van der Waals surface area contributed by atoms with Crippen LogP contribution in [0.15, 0.2) is 42.7 Å². The van der Waals surface area contributed by atoms with Gasteiger partial charge in [-0.05, 0) is 43.9 Å². The molecule has 0 spiro atoms. The van der Waals surface area contributed by atoms with Crippen LogP contribution in [0.4, 0.5) is 11.4 Å². The predicted octanol–water partition coefficient (Wildman–Crippen LogP) is 4.05. The second kappa shape index (κ2) is 6.87. The average Bonchev–Trinajstić information content (AvgIpc) is 2.81. The normalized spacial score (nSPS) is 20.3. The highest BCUT2D eigenvalue weighted by atomic mass is 16.2. The van der Waals surface area contributed by atoms with E-state index in [0.29, 0.717) is 5.56 Å². The molecule has 25 heavy (non-hydrogen) atoms. The number of amides is 1. The van der Waals surface area contributed by atoms with Gasteiger partial charge in [-0.3, -0.25) is 9.78 Å². The van der Waals surface area contributed by atoms with Gasteiger partial charge in [0.15, 0.2) is 0 Å². The third-order valence-electron chi connectivity index (χ3n) is 5.37. The van der Waals surface area contributed by atoms with Gasteiger partial charge in [0, 0.05) is 31.0 Å². The van der Waals surface area contributed by atoms with Crippen molar-refractivity contribution in [3.8, 4) is 0 Å². The number of hydrogen-bond acceptors (Lipinski definition) is 3. The first-order valence-corrected chi connectivity index (χ1v) is 9.35. The molecule has 1 aromatic carbocycles. The smallest absolute Gasteiger partial charge is 0.260 e.